The number of fused-ring (bicyclic) bond motifs is 1. The minimum Gasteiger partial charge on any atom is -0.391 e. The molecular formula is C20H25N5O. The van der Waals surface area contributed by atoms with E-state index in [1.807, 2.05) is 0 Å². The van der Waals surface area contributed by atoms with E-state index in [0.29, 0.717) is 30.8 Å². The first kappa shape index (κ1) is 16.0. The summed E-state index contributed by atoms with van der Waals surface area (Å²) >= 11 is 0. The number of aliphatic hydroxyl groups is 1. The fourth-order valence-electron chi connectivity index (χ4n) is 4.94. The summed E-state index contributed by atoms with van der Waals surface area (Å²) in [6.45, 7) is 3.18. The van der Waals surface area contributed by atoms with Gasteiger partial charge in [0.15, 0.2) is 0 Å². The summed E-state index contributed by atoms with van der Waals surface area (Å²) in [4.78, 5) is 13.5. The van der Waals surface area contributed by atoms with E-state index in [4.69, 9.17) is 5.73 Å². The number of rotatable bonds is 4. The van der Waals surface area contributed by atoms with Crippen molar-refractivity contribution < 1.29 is 5.11 Å². The van der Waals surface area contributed by atoms with E-state index < -0.39 is 0 Å². The van der Waals surface area contributed by atoms with Crippen molar-refractivity contribution in [3.8, 4) is 0 Å². The molecule has 5 rings (SSSR count). The zero-order chi connectivity index (χ0) is 17.7. The number of nitrogens with zero attached hydrogens (tertiary/aromatic N) is 4. The highest BCUT2D eigenvalue weighted by molar-refractivity contribution is 5.55. The predicted octanol–water partition coefficient (Wildman–Crippen LogP) is 1.15. The standard InChI is InChI=1S/C20H25N5O/c21-9-16-6-17(26)11-25(16)19-7-18(22-13-23-19)24-10-15-8-20(15,12-24)14-4-2-1-3-5-14/h1-5,7,13,15-17,26H,6,8-12,21H2/t15-,16+,17+,20+/m0/s1. The van der Waals surface area contributed by atoms with Crippen molar-refractivity contribution in [1.29, 1.82) is 0 Å². The smallest absolute Gasteiger partial charge is 0.134 e. The Morgan fingerprint density at radius 3 is 2.77 bits per heavy atom. The lowest BCUT2D eigenvalue weighted by atomic mass is 9.95. The van der Waals surface area contributed by atoms with Crippen LogP contribution in [0.15, 0.2) is 42.7 Å². The predicted molar refractivity (Wildman–Crippen MR) is 101 cm³/mol. The summed E-state index contributed by atoms with van der Waals surface area (Å²) in [6, 6.07) is 13.1. The van der Waals surface area contributed by atoms with Crippen LogP contribution in [0.3, 0.4) is 0 Å². The van der Waals surface area contributed by atoms with Crippen molar-refractivity contribution >= 4 is 11.6 Å². The molecule has 3 fully saturated rings. The molecule has 1 aliphatic carbocycles. The van der Waals surface area contributed by atoms with Gasteiger partial charge in [-0.3, -0.25) is 0 Å². The largest absolute Gasteiger partial charge is 0.391 e. The van der Waals surface area contributed by atoms with Gasteiger partial charge >= 0.3 is 0 Å². The van der Waals surface area contributed by atoms with Gasteiger partial charge in [0.05, 0.1) is 6.10 Å². The second-order valence-electron chi connectivity index (χ2n) is 7.97. The molecule has 0 amide bonds. The van der Waals surface area contributed by atoms with Gasteiger partial charge in [0.25, 0.3) is 0 Å². The zero-order valence-electron chi connectivity index (χ0n) is 14.8. The van der Waals surface area contributed by atoms with Crippen molar-refractivity contribution in [3.63, 3.8) is 0 Å². The van der Waals surface area contributed by atoms with Gasteiger partial charge in [-0.2, -0.15) is 0 Å². The Labute approximate surface area is 153 Å². The van der Waals surface area contributed by atoms with Gasteiger partial charge in [0.2, 0.25) is 0 Å². The van der Waals surface area contributed by atoms with E-state index in [0.717, 1.165) is 24.7 Å². The van der Waals surface area contributed by atoms with Crippen LogP contribution in [0.25, 0.3) is 0 Å². The number of aromatic nitrogens is 2. The Bertz CT molecular complexity index is 800. The molecule has 1 saturated carbocycles. The van der Waals surface area contributed by atoms with Gasteiger partial charge in [-0.25, -0.2) is 9.97 Å². The average molecular weight is 351 g/mol. The van der Waals surface area contributed by atoms with Gasteiger partial charge in [0.1, 0.15) is 18.0 Å². The Kier molecular flexibility index (Phi) is 3.65. The van der Waals surface area contributed by atoms with Crippen molar-refractivity contribution in [3.05, 3.63) is 48.3 Å². The molecule has 26 heavy (non-hydrogen) atoms. The third-order valence-corrected chi connectivity index (χ3v) is 6.42. The maximum Gasteiger partial charge on any atom is 0.134 e. The molecule has 0 unspecified atom stereocenters. The van der Waals surface area contributed by atoms with Gasteiger partial charge in [-0.15, -0.1) is 0 Å². The third kappa shape index (κ3) is 2.47. The Balaban J connectivity index is 1.38. The lowest BCUT2D eigenvalue weighted by Crippen LogP contribution is -2.36. The van der Waals surface area contributed by atoms with Crippen LogP contribution in [-0.4, -0.2) is 53.4 Å². The molecule has 6 nitrogen and oxygen atoms in total. The fraction of sp³-hybridized carbons (Fsp3) is 0.500. The minimum atomic E-state index is -0.331. The number of benzene rings is 1. The molecule has 0 radical (unpaired) electrons. The highest BCUT2D eigenvalue weighted by Crippen LogP contribution is 2.59. The fourth-order valence-corrected chi connectivity index (χ4v) is 4.94. The molecule has 3 heterocycles. The van der Waals surface area contributed by atoms with Crippen LogP contribution in [0.5, 0.6) is 0 Å². The molecule has 2 saturated heterocycles. The number of anilines is 2. The summed E-state index contributed by atoms with van der Waals surface area (Å²) in [5.74, 6) is 2.57. The second-order valence-corrected chi connectivity index (χ2v) is 7.97. The van der Waals surface area contributed by atoms with Crippen LogP contribution >= 0.6 is 0 Å². The molecule has 6 heteroatoms. The van der Waals surface area contributed by atoms with Gasteiger partial charge in [0, 0.05) is 43.7 Å². The van der Waals surface area contributed by atoms with E-state index in [1.165, 1.54) is 12.0 Å². The van der Waals surface area contributed by atoms with E-state index in [9.17, 15) is 5.11 Å². The average Bonchev–Trinajstić information content (AvgIpc) is 3.05. The maximum absolute atomic E-state index is 9.99. The highest BCUT2D eigenvalue weighted by Gasteiger charge is 2.60. The lowest BCUT2D eigenvalue weighted by Gasteiger charge is -2.26. The SMILES string of the molecule is NC[C@H]1C[C@@H](O)CN1c1cc(N2C[C@@H]3C[C@]3(c3ccccc3)C2)ncn1. The number of piperidine rings is 1. The van der Waals surface area contributed by atoms with Gasteiger partial charge in [-0.1, -0.05) is 30.3 Å². The van der Waals surface area contributed by atoms with Crippen LogP contribution in [0, 0.1) is 5.92 Å². The lowest BCUT2D eigenvalue weighted by molar-refractivity contribution is 0.194. The van der Waals surface area contributed by atoms with Crippen molar-refractivity contribution in [2.75, 3.05) is 36.0 Å². The van der Waals surface area contributed by atoms with Crippen molar-refractivity contribution in [1.82, 2.24) is 9.97 Å². The normalized spacial score (nSPS) is 32.8. The molecule has 0 bridgehead atoms. The van der Waals surface area contributed by atoms with E-state index in [1.54, 1.807) is 6.33 Å². The Morgan fingerprint density at radius 2 is 1.96 bits per heavy atom. The summed E-state index contributed by atoms with van der Waals surface area (Å²) in [6.07, 6.45) is 3.29. The second kappa shape index (κ2) is 5.93. The Morgan fingerprint density at radius 1 is 1.15 bits per heavy atom. The summed E-state index contributed by atoms with van der Waals surface area (Å²) in [5, 5.41) is 9.99. The monoisotopic (exact) mass is 351 g/mol. The number of β-amino-alcohol motifs (C(OH)–C–C–N with tert-alkyl or cyclic N) is 1. The van der Waals surface area contributed by atoms with Gasteiger partial charge in [-0.05, 0) is 24.3 Å². The minimum absolute atomic E-state index is 0.149. The Hall–Kier alpha value is -2.18. The van der Waals surface area contributed by atoms with Crippen molar-refractivity contribution in [2.45, 2.75) is 30.4 Å². The van der Waals surface area contributed by atoms with Crippen LogP contribution < -0.4 is 15.5 Å². The maximum atomic E-state index is 9.99. The van der Waals surface area contributed by atoms with Crippen molar-refractivity contribution in [2.24, 2.45) is 11.7 Å². The molecule has 4 atom stereocenters. The molecule has 1 aromatic carbocycles. The van der Waals surface area contributed by atoms with Crippen LogP contribution in [0.1, 0.15) is 18.4 Å². The van der Waals surface area contributed by atoms with E-state index >= 15 is 0 Å². The molecule has 3 N–H and O–H groups in total. The van der Waals surface area contributed by atoms with Crippen LogP contribution in [0.2, 0.25) is 0 Å². The summed E-state index contributed by atoms with van der Waals surface area (Å²) in [5.41, 5.74) is 7.64. The van der Waals surface area contributed by atoms with Gasteiger partial charge < -0.3 is 20.6 Å². The van der Waals surface area contributed by atoms with Crippen LogP contribution in [0.4, 0.5) is 11.6 Å². The zero-order valence-corrected chi connectivity index (χ0v) is 14.8. The quantitative estimate of drug-likeness (QED) is 0.860. The first-order valence-corrected chi connectivity index (χ1v) is 9.47. The molecule has 2 aliphatic heterocycles. The molecule has 1 aromatic heterocycles. The number of hydrogen-bond acceptors (Lipinski definition) is 6. The number of aliphatic hydroxyl groups excluding tert-OH is 1. The molecule has 136 valence electrons. The third-order valence-electron chi connectivity index (χ3n) is 6.42. The van der Waals surface area contributed by atoms with E-state index in [-0.39, 0.29) is 12.1 Å². The van der Waals surface area contributed by atoms with Crippen LogP contribution in [-0.2, 0) is 5.41 Å². The molecule has 2 aromatic rings. The topological polar surface area (TPSA) is 78.5 Å². The number of nitrogens with two attached hydrogens (primary N) is 1. The van der Waals surface area contributed by atoms with E-state index in [2.05, 4.69) is 56.2 Å². The highest BCUT2D eigenvalue weighted by atomic mass is 16.3. The number of hydrogen-bond donors (Lipinski definition) is 2. The summed E-state index contributed by atoms with van der Waals surface area (Å²) < 4.78 is 0. The molecule has 3 aliphatic rings. The molecular weight excluding hydrogens is 326 g/mol. The first-order valence-electron chi connectivity index (χ1n) is 9.47. The summed E-state index contributed by atoms with van der Waals surface area (Å²) in [7, 11) is 0. The first-order chi connectivity index (χ1) is 12.7. The molecule has 0 spiro atoms.